The zero-order valence-electron chi connectivity index (χ0n) is 14.8. The fourth-order valence-corrected chi connectivity index (χ4v) is 2.66. The summed E-state index contributed by atoms with van der Waals surface area (Å²) in [5, 5.41) is 3.65. The van der Waals surface area contributed by atoms with Gasteiger partial charge in [-0.1, -0.05) is 11.6 Å². The minimum atomic E-state index is -0.0539. The van der Waals surface area contributed by atoms with Crippen molar-refractivity contribution in [3.63, 3.8) is 0 Å². The van der Waals surface area contributed by atoms with Crippen LogP contribution in [0.15, 0.2) is 30.6 Å². The van der Waals surface area contributed by atoms with Gasteiger partial charge in [0.25, 0.3) is 5.91 Å². The molecule has 0 aliphatic rings. The van der Waals surface area contributed by atoms with E-state index >= 15 is 0 Å². The Morgan fingerprint density at radius 1 is 1.12 bits per heavy atom. The van der Waals surface area contributed by atoms with E-state index in [9.17, 15) is 4.79 Å². The van der Waals surface area contributed by atoms with Gasteiger partial charge in [0.1, 0.15) is 11.5 Å². The van der Waals surface area contributed by atoms with Gasteiger partial charge in [0.05, 0.1) is 42.4 Å². The highest BCUT2D eigenvalue weighted by Crippen LogP contribution is 2.37. The molecule has 0 fully saturated rings. The molecule has 0 saturated heterocycles. The van der Waals surface area contributed by atoms with Crippen LogP contribution in [0.5, 0.6) is 11.5 Å². The largest absolute Gasteiger partial charge is 0.495 e. The highest BCUT2D eigenvalue weighted by atomic mass is 35.5. The number of halogens is 1. The lowest BCUT2D eigenvalue weighted by atomic mass is 10.2. The van der Waals surface area contributed by atoms with Crippen LogP contribution in [0.25, 0.3) is 0 Å². The van der Waals surface area contributed by atoms with Gasteiger partial charge < -0.3 is 19.7 Å². The first-order valence-corrected chi connectivity index (χ1v) is 8.34. The second-order valence-corrected chi connectivity index (χ2v) is 5.66. The van der Waals surface area contributed by atoms with Crippen molar-refractivity contribution in [2.24, 2.45) is 0 Å². The van der Waals surface area contributed by atoms with E-state index in [1.165, 1.54) is 0 Å². The molecule has 2 rings (SSSR count). The highest BCUT2D eigenvalue weighted by molar-refractivity contribution is 6.32. The maximum Gasteiger partial charge on any atom is 0.255 e. The maximum atomic E-state index is 12.5. The quantitative estimate of drug-likeness (QED) is 0.806. The smallest absolute Gasteiger partial charge is 0.255 e. The molecule has 0 bridgehead atoms. The third-order valence-corrected chi connectivity index (χ3v) is 4.08. The van der Waals surface area contributed by atoms with Gasteiger partial charge in [0.15, 0.2) is 0 Å². The summed E-state index contributed by atoms with van der Waals surface area (Å²) >= 11 is 6.12. The van der Waals surface area contributed by atoms with Gasteiger partial charge in [-0.2, -0.15) is 0 Å². The van der Waals surface area contributed by atoms with Gasteiger partial charge >= 0.3 is 0 Å². The molecular weight excluding hydrogens is 342 g/mol. The second-order valence-electron chi connectivity index (χ2n) is 5.25. The third kappa shape index (κ3) is 4.33. The fraction of sp³-hybridized carbons (Fsp3) is 0.333. The fourth-order valence-electron chi connectivity index (χ4n) is 2.43. The first-order valence-electron chi connectivity index (χ1n) is 7.96. The number of nitrogens with zero attached hydrogens (tertiary/aromatic N) is 2. The van der Waals surface area contributed by atoms with E-state index in [2.05, 4.69) is 10.3 Å². The van der Waals surface area contributed by atoms with Gasteiger partial charge in [-0.25, -0.2) is 0 Å². The van der Waals surface area contributed by atoms with Crippen molar-refractivity contribution < 1.29 is 14.3 Å². The second kappa shape index (κ2) is 8.58. The van der Waals surface area contributed by atoms with Crippen LogP contribution in [0.2, 0.25) is 5.02 Å². The van der Waals surface area contributed by atoms with E-state index in [1.807, 2.05) is 13.8 Å². The molecule has 1 amide bonds. The molecule has 0 atom stereocenters. The molecule has 0 saturated carbocycles. The number of ether oxygens (including phenoxy) is 2. The summed E-state index contributed by atoms with van der Waals surface area (Å²) in [6.45, 7) is 5.19. The van der Waals surface area contributed by atoms with E-state index < -0.39 is 0 Å². The monoisotopic (exact) mass is 363 g/mol. The lowest BCUT2D eigenvalue weighted by Crippen LogP contribution is -2.30. The first-order chi connectivity index (χ1) is 12.0. The standard InChI is InChI=1S/C18H22ClN3O3/c1-5-22(6-2)18(23)12-7-13(11-20-10-12)21-15-9-16(24-3)14(19)8-17(15)25-4/h7-11,21H,5-6H2,1-4H3. The Hall–Kier alpha value is -2.47. The lowest BCUT2D eigenvalue weighted by molar-refractivity contribution is 0.0772. The Labute approximate surface area is 152 Å². The number of pyridine rings is 1. The first kappa shape index (κ1) is 18.9. The lowest BCUT2D eigenvalue weighted by Gasteiger charge is -2.19. The number of hydrogen-bond acceptors (Lipinski definition) is 5. The van der Waals surface area contributed by atoms with Crippen LogP contribution in [0.3, 0.4) is 0 Å². The molecule has 1 aromatic heterocycles. The van der Waals surface area contributed by atoms with Crippen LogP contribution in [0.1, 0.15) is 24.2 Å². The molecule has 1 aromatic carbocycles. The number of amides is 1. The van der Waals surface area contributed by atoms with Crippen molar-refractivity contribution in [1.82, 2.24) is 9.88 Å². The normalized spacial score (nSPS) is 10.3. The highest BCUT2D eigenvalue weighted by Gasteiger charge is 2.15. The molecule has 6 nitrogen and oxygen atoms in total. The molecule has 0 spiro atoms. The summed E-state index contributed by atoms with van der Waals surface area (Å²) in [5.41, 5.74) is 1.85. The summed E-state index contributed by atoms with van der Waals surface area (Å²) in [5.74, 6) is 1.03. The minimum Gasteiger partial charge on any atom is -0.495 e. The molecule has 0 aliphatic heterocycles. The molecular formula is C18H22ClN3O3. The summed E-state index contributed by atoms with van der Waals surface area (Å²) in [4.78, 5) is 18.4. The van der Waals surface area contributed by atoms with Gasteiger partial charge in [0, 0.05) is 31.4 Å². The molecule has 0 radical (unpaired) electrons. The van der Waals surface area contributed by atoms with Crippen molar-refractivity contribution in [2.45, 2.75) is 13.8 Å². The van der Waals surface area contributed by atoms with Crippen LogP contribution in [0.4, 0.5) is 11.4 Å². The van der Waals surface area contributed by atoms with Crippen LogP contribution in [-0.2, 0) is 0 Å². The average Bonchev–Trinajstić information content (AvgIpc) is 2.63. The van der Waals surface area contributed by atoms with Gasteiger partial charge in [-0.3, -0.25) is 9.78 Å². The van der Waals surface area contributed by atoms with E-state index in [0.29, 0.717) is 46.5 Å². The summed E-state index contributed by atoms with van der Waals surface area (Å²) in [6.07, 6.45) is 3.20. The zero-order valence-corrected chi connectivity index (χ0v) is 15.6. The molecule has 1 N–H and O–H groups in total. The summed E-state index contributed by atoms with van der Waals surface area (Å²) in [6, 6.07) is 5.16. The molecule has 2 aromatic rings. The van der Waals surface area contributed by atoms with Crippen molar-refractivity contribution in [2.75, 3.05) is 32.6 Å². The van der Waals surface area contributed by atoms with Crippen LogP contribution in [-0.4, -0.2) is 43.1 Å². The number of hydrogen-bond donors (Lipinski definition) is 1. The number of benzene rings is 1. The van der Waals surface area contributed by atoms with E-state index in [0.717, 1.165) is 0 Å². The van der Waals surface area contributed by atoms with Crippen molar-refractivity contribution in [3.05, 3.63) is 41.2 Å². The Kier molecular flexibility index (Phi) is 6.47. The minimum absolute atomic E-state index is 0.0539. The number of aromatic nitrogens is 1. The predicted octanol–water partition coefficient (Wildman–Crippen LogP) is 3.98. The number of rotatable bonds is 7. The number of carbonyl (C=O) groups is 1. The van der Waals surface area contributed by atoms with Crippen molar-refractivity contribution in [3.8, 4) is 11.5 Å². The van der Waals surface area contributed by atoms with Crippen molar-refractivity contribution >= 4 is 28.9 Å². The number of anilines is 2. The van der Waals surface area contributed by atoms with E-state index in [4.69, 9.17) is 21.1 Å². The van der Waals surface area contributed by atoms with Gasteiger partial charge in [0.2, 0.25) is 0 Å². The Morgan fingerprint density at radius 2 is 1.80 bits per heavy atom. The van der Waals surface area contributed by atoms with E-state index in [-0.39, 0.29) is 5.91 Å². The molecule has 0 unspecified atom stereocenters. The number of methoxy groups -OCH3 is 2. The SMILES string of the molecule is CCN(CC)C(=O)c1cncc(Nc2cc(OC)c(Cl)cc2OC)c1. The van der Waals surface area contributed by atoms with Crippen LogP contribution < -0.4 is 14.8 Å². The molecule has 0 aliphatic carbocycles. The summed E-state index contributed by atoms with van der Waals surface area (Å²) in [7, 11) is 3.10. The number of nitrogens with one attached hydrogen (secondary N) is 1. The van der Waals surface area contributed by atoms with Crippen LogP contribution in [0, 0.1) is 0 Å². The van der Waals surface area contributed by atoms with Gasteiger partial charge in [-0.15, -0.1) is 0 Å². The predicted molar refractivity (Wildman–Crippen MR) is 99.3 cm³/mol. The number of carbonyl (C=O) groups excluding carboxylic acids is 1. The molecule has 1 heterocycles. The third-order valence-electron chi connectivity index (χ3n) is 3.79. The van der Waals surface area contributed by atoms with Crippen LogP contribution >= 0.6 is 11.6 Å². The Bertz CT molecular complexity index is 748. The summed E-state index contributed by atoms with van der Waals surface area (Å²) < 4.78 is 10.6. The van der Waals surface area contributed by atoms with E-state index in [1.54, 1.807) is 49.7 Å². The Balaban J connectivity index is 2.32. The maximum absolute atomic E-state index is 12.5. The molecule has 7 heteroatoms. The van der Waals surface area contributed by atoms with Gasteiger partial charge in [-0.05, 0) is 19.9 Å². The Morgan fingerprint density at radius 3 is 2.40 bits per heavy atom. The average molecular weight is 364 g/mol. The van der Waals surface area contributed by atoms with Crippen molar-refractivity contribution in [1.29, 1.82) is 0 Å². The molecule has 134 valence electrons. The topological polar surface area (TPSA) is 63.7 Å². The molecule has 25 heavy (non-hydrogen) atoms. The zero-order chi connectivity index (χ0) is 18.4.